The number of carbonyl (C=O) groups is 1. The first-order valence-corrected chi connectivity index (χ1v) is 6.81. The normalized spacial score (nSPS) is 15.7. The standard InChI is InChI=1S/C13H21F3N2O2/c14-13(15,16)10-20-9-8-18-12(19)17-7-6-11-4-2-1-3-5-11/h4H,1-3,5-10H2,(H2,17,18,19). The van der Waals surface area contributed by atoms with Gasteiger partial charge in [0.25, 0.3) is 0 Å². The third kappa shape index (κ3) is 8.79. The Bertz CT molecular complexity index is 330. The lowest BCUT2D eigenvalue weighted by atomic mass is 9.97. The maximum atomic E-state index is 11.8. The number of amides is 2. The van der Waals surface area contributed by atoms with Gasteiger partial charge in [-0.05, 0) is 32.1 Å². The highest BCUT2D eigenvalue weighted by Gasteiger charge is 2.27. The maximum absolute atomic E-state index is 11.8. The lowest BCUT2D eigenvalue weighted by molar-refractivity contribution is -0.173. The van der Waals surface area contributed by atoms with E-state index in [1.807, 2.05) is 0 Å². The summed E-state index contributed by atoms with van der Waals surface area (Å²) in [6, 6.07) is -0.378. The molecular weight excluding hydrogens is 273 g/mol. The topological polar surface area (TPSA) is 50.4 Å². The van der Waals surface area contributed by atoms with E-state index in [1.165, 1.54) is 18.4 Å². The third-order valence-electron chi connectivity index (χ3n) is 2.91. The lowest BCUT2D eigenvalue weighted by Gasteiger charge is -2.13. The number of nitrogens with one attached hydrogen (secondary N) is 2. The van der Waals surface area contributed by atoms with Gasteiger partial charge in [-0.25, -0.2) is 4.79 Å². The van der Waals surface area contributed by atoms with E-state index >= 15 is 0 Å². The summed E-state index contributed by atoms with van der Waals surface area (Å²) in [6.07, 6.45) is 3.36. The molecular formula is C13H21F3N2O2. The molecule has 20 heavy (non-hydrogen) atoms. The molecule has 0 saturated heterocycles. The molecule has 0 aromatic heterocycles. The van der Waals surface area contributed by atoms with E-state index in [0.717, 1.165) is 19.3 Å². The average molecular weight is 294 g/mol. The van der Waals surface area contributed by atoms with Crippen molar-refractivity contribution in [3.63, 3.8) is 0 Å². The number of hydrogen-bond donors (Lipinski definition) is 2. The molecule has 0 aliphatic heterocycles. The van der Waals surface area contributed by atoms with Crippen molar-refractivity contribution in [2.75, 3.05) is 26.3 Å². The monoisotopic (exact) mass is 294 g/mol. The first kappa shape index (κ1) is 16.8. The van der Waals surface area contributed by atoms with Crippen molar-refractivity contribution in [1.29, 1.82) is 0 Å². The van der Waals surface area contributed by atoms with Crippen molar-refractivity contribution in [3.05, 3.63) is 11.6 Å². The van der Waals surface area contributed by atoms with Crippen LogP contribution in [0.3, 0.4) is 0 Å². The van der Waals surface area contributed by atoms with Crippen LogP contribution in [0.15, 0.2) is 11.6 Å². The van der Waals surface area contributed by atoms with Gasteiger partial charge in [0, 0.05) is 13.1 Å². The SMILES string of the molecule is O=C(NCCOCC(F)(F)F)NCCC1=CCCCC1. The zero-order valence-electron chi connectivity index (χ0n) is 11.4. The number of alkyl halides is 3. The molecule has 0 aromatic carbocycles. The highest BCUT2D eigenvalue weighted by Crippen LogP contribution is 2.19. The smallest absolute Gasteiger partial charge is 0.370 e. The van der Waals surface area contributed by atoms with Crippen molar-refractivity contribution < 1.29 is 22.7 Å². The summed E-state index contributed by atoms with van der Waals surface area (Å²) in [6.45, 7) is -0.839. The van der Waals surface area contributed by atoms with E-state index in [1.54, 1.807) is 0 Å². The Morgan fingerprint density at radius 3 is 2.65 bits per heavy atom. The molecule has 116 valence electrons. The molecule has 1 aliphatic carbocycles. The Balaban J connectivity index is 1.96. The number of ether oxygens (including phenoxy) is 1. The minimum absolute atomic E-state index is 0.0601. The Kier molecular flexibility index (Phi) is 7.43. The maximum Gasteiger partial charge on any atom is 0.411 e. The number of carbonyl (C=O) groups excluding carboxylic acids is 1. The zero-order valence-corrected chi connectivity index (χ0v) is 11.4. The van der Waals surface area contributed by atoms with Crippen LogP contribution in [0.5, 0.6) is 0 Å². The fourth-order valence-corrected chi connectivity index (χ4v) is 1.96. The lowest BCUT2D eigenvalue weighted by Crippen LogP contribution is -2.38. The summed E-state index contributed by atoms with van der Waals surface area (Å²) in [5.74, 6) is 0. The van der Waals surface area contributed by atoms with Gasteiger partial charge in [0.05, 0.1) is 6.61 Å². The van der Waals surface area contributed by atoms with Crippen LogP contribution in [-0.4, -0.2) is 38.5 Å². The molecule has 2 N–H and O–H groups in total. The quantitative estimate of drug-likeness (QED) is 0.560. The van der Waals surface area contributed by atoms with Gasteiger partial charge < -0.3 is 15.4 Å². The van der Waals surface area contributed by atoms with Crippen molar-refractivity contribution in [2.45, 2.75) is 38.3 Å². The Morgan fingerprint density at radius 2 is 2.00 bits per heavy atom. The third-order valence-corrected chi connectivity index (χ3v) is 2.91. The molecule has 0 bridgehead atoms. The number of halogens is 3. The van der Waals surface area contributed by atoms with E-state index in [9.17, 15) is 18.0 Å². The Hall–Kier alpha value is -1.24. The molecule has 0 unspecified atom stereocenters. The van der Waals surface area contributed by atoms with Gasteiger partial charge in [0.1, 0.15) is 6.61 Å². The van der Waals surface area contributed by atoms with E-state index in [2.05, 4.69) is 21.4 Å². The molecule has 0 fully saturated rings. The van der Waals surface area contributed by atoms with E-state index in [-0.39, 0.29) is 19.2 Å². The number of hydrogen-bond acceptors (Lipinski definition) is 2. The summed E-state index contributed by atoms with van der Waals surface area (Å²) < 4.78 is 39.6. The van der Waals surface area contributed by atoms with Gasteiger partial charge in [0.15, 0.2) is 0 Å². The minimum Gasteiger partial charge on any atom is -0.370 e. The number of rotatable bonds is 7. The summed E-state index contributed by atoms with van der Waals surface area (Å²) in [5.41, 5.74) is 1.37. The van der Waals surface area contributed by atoms with Gasteiger partial charge in [-0.3, -0.25) is 0 Å². The molecule has 4 nitrogen and oxygen atoms in total. The van der Waals surface area contributed by atoms with Gasteiger partial charge in [-0.2, -0.15) is 13.2 Å². The highest BCUT2D eigenvalue weighted by molar-refractivity contribution is 5.73. The first-order chi connectivity index (χ1) is 9.47. The average Bonchev–Trinajstić information content (AvgIpc) is 2.38. The van der Waals surface area contributed by atoms with Gasteiger partial charge in [0.2, 0.25) is 0 Å². The largest absolute Gasteiger partial charge is 0.411 e. The van der Waals surface area contributed by atoms with E-state index in [0.29, 0.717) is 6.54 Å². The van der Waals surface area contributed by atoms with Crippen LogP contribution in [0.4, 0.5) is 18.0 Å². The molecule has 0 radical (unpaired) electrons. The van der Waals surface area contributed by atoms with Gasteiger partial charge >= 0.3 is 12.2 Å². The summed E-state index contributed by atoms with van der Waals surface area (Å²) in [4.78, 5) is 11.3. The predicted molar refractivity (Wildman–Crippen MR) is 69.4 cm³/mol. The minimum atomic E-state index is -4.32. The second-order valence-electron chi connectivity index (χ2n) is 4.71. The van der Waals surface area contributed by atoms with Crippen LogP contribution in [0.25, 0.3) is 0 Å². The highest BCUT2D eigenvalue weighted by atomic mass is 19.4. The molecule has 2 amide bonds. The van der Waals surface area contributed by atoms with Crippen LogP contribution in [0.1, 0.15) is 32.1 Å². The molecule has 0 atom stereocenters. The zero-order chi connectivity index (χ0) is 14.8. The fraction of sp³-hybridized carbons (Fsp3) is 0.769. The number of urea groups is 1. The Morgan fingerprint density at radius 1 is 1.25 bits per heavy atom. The second-order valence-corrected chi connectivity index (χ2v) is 4.71. The van der Waals surface area contributed by atoms with Gasteiger partial charge in [-0.1, -0.05) is 11.6 Å². The predicted octanol–water partition coefficient (Wildman–Crippen LogP) is 2.76. The van der Waals surface area contributed by atoms with Crippen LogP contribution in [-0.2, 0) is 4.74 Å². The second kappa shape index (κ2) is 8.84. The molecule has 1 rings (SSSR count). The van der Waals surface area contributed by atoms with Crippen molar-refractivity contribution in [3.8, 4) is 0 Å². The molecule has 0 heterocycles. The number of allylic oxidation sites excluding steroid dienone is 1. The summed E-state index contributed by atoms with van der Waals surface area (Å²) >= 11 is 0. The Labute approximate surface area is 116 Å². The van der Waals surface area contributed by atoms with Gasteiger partial charge in [-0.15, -0.1) is 0 Å². The fourth-order valence-electron chi connectivity index (χ4n) is 1.96. The van der Waals surface area contributed by atoms with Crippen molar-refractivity contribution >= 4 is 6.03 Å². The molecule has 1 aliphatic rings. The van der Waals surface area contributed by atoms with Crippen LogP contribution in [0, 0.1) is 0 Å². The summed E-state index contributed by atoms with van der Waals surface area (Å²) in [5, 5.41) is 5.11. The van der Waals surface area contributed by atoms with E-state index in [4.69, 9.17) is 0 Å². The first-order valence-electron chi connectivity index (χ1n) is 6.81. The molecule has 0 saturated carbocycles. The van der Waals surface area contributed by atoms with E-state index < -0.39 is 12.8 Å². The molecule has 0 aromatic rings. The van der Waals surface area contributed by atoms with Crippen molar-refractivity contribution in [2.24, 2.45) is 0 Å². The van der Waals surface area contributed by atoms with Crippen LogP contribution < -0.4 is 10.6 Å². The van der Waals surface area contributed by atoms with Crippen LogP contribution >= 0.6 is 0 Å². The molecule has 7 heteroatoms. The molecule has 0 spiro atoms. The van der Waals surface area contributed by atoms with Crippen molar-refractivity contribution in [1.82, 2.24) is 10.6 Å². The van der Waals surface area contributed by atoms with Crippen LogP contribution in [0.2, 0.25) is 0 Å². The summed E-state index contributed by atoms with van der Waals surface area (Å²) in [7, 11) is 0.